The van der Waals surface area contributed by atoms with Gasteiger partial charge < -0.3 is 0 Å². The van der Waals surface area contributed by atoms with Gasteiger partial charge in [-0.3, -0.25) is 9.74 Å². The third-order valence-corrected chi connectivity index (χ3v) is 5.67. The van der Waals surface area contributed by atoms with Crippen molar-refractivity contribution in [3.8, 4) is 0 Å². The summed E-state index contributed by atoms with van der Waals surface area (Å²) < 4.78 is 0. The molecule has 0 bridgehead atoms. The van der Waals surface area contributed by atoms with Crippen molar-refractivity contribution in [3.63, 3.8) is 0 Å². The largest absolute Gasteiger partial charge is 0.300 e. The van der Waals surface area contributed by atoms with Gasteiger partial charge in [0.2, 0.25) is 0 Å². The first-order chi connectivity index (χ1) is 8.73. The smallest absolute Gasteiger partial charge is 0.0982 e. The summed E-state index contributed by atoms with van der Waals surface area (Å²) in [6.45, 7) is 1.21. The molecule has 0 aromatic heterocycles. The summed E-state index contributed by atoms with van der Waals surface area (Å²) >= 11 is 0. The Labute approximate surface area is 111 Å². The maximum absolute atomic E-state index is 5.96. The van der Waals surface area contributed by atoms with Crippen LogP contribution in [0.3, 0.4) is 0 Å². The van der Waals surface area contributed by atoms with Crippen LogP contribution in [-0.2, 0) is 4.84 Å². The lowest BCUT2D eigenvalue weighted by Gasteiger charge is -2.48. The van der Waals surface area contributed by atoms with E-state index in [1.807, 2.05) is 7.11 Å². The van der Waals surface area contributed by atoms with E-state index in [1.165, 1.54) is 70.8 Å². The molecule has 1 saturated heterocycles. The van der Waals surface area contributed by atoms with Crippen LogP contribution in [0, 0.1) is 0 Å². The molecule has 0 radical (unpaired) electrons. The fourth-order valence-electron chi connectivity index (χ4n) is 4.89. The first kappa shape index (κ1) is 12.9. The van der Waals surface area contributed by atoms with Gasteiger partial charge in [-0.25, -0.2) is 0 Å². The molecule has 2 saturated carbocycles. The minimum Gasteiger partial charge on any atom is -0.300 e. The second-order valence-corrected chi connectivity index (χ2v) is 6.66. The predicted octanol–water partition coefficient (Wildman–Crippen LogP) is 3.16. The van der Waals surface area contributed by atoms with Gasteiger partial charge in [0, 0.05) is 6.54 Å². The van der Waals surface area contributed by atoms with Crippen LogP contribution in [0.25, 0.3) is 0 Å². The number of nitrogens with zero attached hydrogens (tertiary/aromatic N) is 2. The zero-order valence-electron chi connectivity index (χ0n) is 12.1. The molecule has 2 spiro atoms. The molecule has 3 fully saturated rings. The van der Waals surface area contributed by atoms with Gasteiger partial charge in [-0.1, -0.05) is 38.5 Å². The van der Waals surface area contributed by atoms with E-state index < -0.39 is 0 Å². The highest BCUT2D eigenvalue weighted by molar-refractivity contribution is 5.07. The van der Waals surface area contributed by atoms with Crippen LogP contribution < -0.4 is 0 Å². The van der Waals surface area contributed by atoms with E-state index in [2.05, 4.69) is 17.0 Å². The highest BCUT2D eigenvalue weighted by atomic mass is 16.7. The number of hydrogen-bond acceptors (Lipinski definition) is 3. The molecule has 3 heteroatoms. The van der Waals surface area contributed by atoms with E-state index in [0.29, 0.717) is 5.54 Å². The van der Waals surface area contributed by atoms with Crippen molar-refractivity contribution in [2.24, 2.45) is 0 Å². The van der Waals surface area contributed by atoms with E-state index in [4.69, 9.17) is 4.84 Å². The molecule has 1 aliphatic heterocycles. The van der Waals surface area contributed by atoms with E-state index in [1.54, 1.807) is 0 Å². The number of likely N-dealkylation sites (N-methyl/N-ethyl adjacent to an activating group) is 1. The molecule has 18 heavy (non-hydrogen) atoms. The van der Waals surface area contributed by atoms with Gasteiger partial charge >= 0.3 is 0 Å². The standard InChI is InChI=1S/C15H28N2O/c1-16-13-14(9-5-3-6-10-14)17(18-2)15(16)11-7-4-8-12-15/h3-13H2,1-2H3. The topological polar surface area (TPSA) is 15.7 Å². The Morgan fingerprint density at radius 3 is 1.94 bits per heavy atom. The Balaban J connectivity index is 1.90. The molecule has 1 heterocycles. The molecule has 0 aromatic carbocycles. The monoisotopic (exact) mass is 252 g/mol. The summed E-state index contributed by atoms with van der Waals surface area (Å²) in [5.41, 5.74) is 0.531. The summed E-state index contributed by atoms with van der Waals surface area (Å²) in [5, 5.41) is 2.44. The highest BCUT2D eigenvalue weighted by Crippen LogP contribution is 2.50. The van der Waals surface area contributed by atoms with Crippen molar-refractivity contribution >= 4 is 0 Å². The van der Waals surface area contributed by atoms with Gasteiger partial charge in [0.05, 0.1) is 18.3 Å². The first-order valence-electron chi connectivity index (χ1n) is 7.79. The lowest BCUT2D eigenvalue weighted by Crippen LogP contribution is -2.57. The average molecular weight is 252 g/mol. The maximum atomic E-state index is 5.96. The van der Waals surface area contributed by atoms with Crippen molar-refractivity contribution in [3.05, 3.63) is 0 Å². The summed E-state index contributed by atoms with van der Waals surface area (Å²) in [6.07, 6.45) is 13.5. The van der Waals surface area contributed by atoms with Crippen molar-refractivity contribution in [1.82, 2.24) is 9.96 Å². The molecule has 0 amide bonds. The molecule has 104 valence electrons. The van der Waals surface area contributed by atoms with Gasteiger partial charge in [0.1, 0.15) is 0 Å². The molecule has 0 aromatic rings. The van der Waals surface area contributed by atoms with Crippen LogP contribution in [0.5, 0.6) is 0 Å². The Morgan fingerprint density at radius 1 is 0.833 bits per heavy atom. The normalized spacial score (nSPS) is 32.3. The third-order valence-electron chi connectivity index (χ3n) is 5.67. The molecule has 2 aliphatic carbocycles. The maximum Gasteiger partial charge on any atom is 0.0982 e. The van der Waals surface area contributed by atoms with E-state index >= 15 is 0 Å². The van der Waals surface area contributed by atoms with Crippen molar-refractivity contribution in [1.29, 1.82) is 0 Å². The summed E-state index contributed by atoms with van der Waals surface area (Å²) in [4.78, 5) is 8.57. The number of rotatable bonds is 1. The quantitative estimate of drug-likeness (QED) is 0.713. The molecule has 3 aliphatic rings. The first-order valence-corrected chi connectivity index (χ1v) is 7.79. The molecular formula is C15H28N2O. The molecule has 3 rings (SSSR count). The van der Waals surface area contributed by atoms with Crippen LogP contribution in [0.1, 0.15) is 64.2 Å². The average Bonchev–Trinajstić information content (AvgIpc) is 2.60. The Kier molecular flexibility index (Phi) is 3.41. The summed E-state index contributed by atoms with van der Waals surface area (Å²) in [6, 6.07) is 0. The summed E-state index contributed by atoms with van der Waals surface area (Å²) in [7, 11) is 4.21. The molecule has 3 nitrogen and oxygen atoms in total. The molecule has 0 unspecified atom stereocenters. The van der Waals surface area contributed by atoms with E-state index in [9.17, 15) is 0 Å². The fraction of sp³-hybridized carbons (Fsp3) is 1.00. The Morgan fingerprint density at radius 2 is 1.39 bits per heavy atom. The number of hydrogen-bond donors (Lipinski definition) is 0. The minimum atomic E-state index is 0.213. The molecule has 0 atom stereocenters. The summed E-state index contributed by atoms with van der Waals surface area (Å²) in [5.74, 6) is 0. The zero-order chi connectivity index (χ0) is 12.6. The zero-order valence-corrected chi connectivity index (χ0v) is 12.1. The van der Waals surface area contributed by atoms with E-state index in [-0.39, 0.29) is 5.66 Å². The molecule has 0 N–H and O–H groups in total. The van der Waals surface area contributed by atoms with Crippen molar-refractivity contribution in [2.75, 3.05) is 20.7 Å². The van der Waals surface area contributed by atoms with Crippen LogP contribution in [-0.4, -0.2) is 41.9 Å². The SMILES string of the molecule is CON1C2(CCCCC2)CN(C)C12CCCCC2. The van der Waals surface area contributed by atoms with E-state index in [0.717, 1.165) is 0 Å². The minimum absolute atomic E-state index is 0.213. The predicted molar refractivity (Wildman–Crippen MR) is 73.1 cm³/mol. The molecular weight excluding hydrogens is 224 g/mol. The van der Waals surface area contributed by atoms with Crippen LogP contribution >= 0.6 is 0 Å². The Hall–Kier alpha value is -0.120. The van der Waals surface area contributed by atoms with Crippen molar-refractivity contribution in [2.45, 2.75) is 75.4 Å². The van der Waals surface area contributed by atoms with Gasteiger partial charge in [0.25, 0.3) is 0 Å². The van der Waals surface area contributed by atoms with Gasteiger partial charge in [-0.05, 0) is 32.7 Å². The van der Waals surface area contributed by atoms with Crippen LogP contribution in [0.4, 0.5) is 0 Å². The van der Waals surface area contributed by atoms with Gasteiger partial charge in [-0.15, -0.1) is 0 Å². The Bertz CT molecular complexity index is 293. The number of hydroxylamine groups is 2. The van der Waals surface area contributed by atoms with Crippen molar-refractivity contribution < 1.29 is 4.84 Å². The third kappa shape index (κ3) is 1.75. The van der Waals surface area contributed by atoms with Gasteiger partial charge in [0.15, 0.2) is 0 Å². The highest BCUT2D eigenvalue weighted by Gasteiger charge is 2.58. The second-order valence-electron chi connectivity index (χ2n) is 6.66. The van der Waals surface area contributed by atoms with Crippen LogP contribution in [0.15, 0.2) is 0 Å². The van der Waals surface area contributed by atoms with Crippen LogP contribution in [0.2, 0.25) is 0 Å². The fourth-order valence-corrected chi connectivity index (χ4v) is 4.89. The lowest BCUT2D eigenvalue weighted by atomic mass is 9.81. The van der Waals surface area contributed by atoms with Gasteiger partial charge in [-0.2, -0.15) is 5.06 Å². The lowest BCUT2D eigenvalue weighted by molar-refractivity contribution is -0.264. The second kappa shape index (κ2) is 4.77.